The maximum absolute atomic E-state index is 15.0. The van der Waals surface area contributed by atoms with Crippen LogP contribution in [0.15, 0.2) is 72.8 Å². The Morgan fingerprint density at radius 1 is 0.446 bits per heavy atom. The summed E-state index contributed by atoms with van der Waals surface area (Å²) in [6.45, 7) is 0.987. The quantitative estimate of drug-likeness (QED) is 0.155. The molecule has 0 saturated heterocycles. The van der Waals surface area contributed by atoms with Crippen molar-refractivity contribution in [2.75, 3.05) is 11.9 Å². The van der Waals surface area contributed by atoms with Crippen LogP contribution in [0.2, 0.25) is 0 Å². The molecule has 0 bridgehead atoms. The fraction of sp³-hybridized carbons (Fsp3) is 0.222. The molecule has 0 aliphatic carbocycles. The van der Waals surface area contributed by atoms with Crippen molar-refractivity contribution >= 4 is 29.3 Å². The van der Waals surface area contributed by atoms with E-state index < -0.39 is 126 Å². The predicted octanol–water partition coefficient (Wildman–Crippen LogP) is 8.25. The smallest absolute Gasteiger partial charge is 0.411 e. The van der Waals surface area contributed by atoms with Gasteiger partial charge in [0.05, 0.1) is 27.9 Å². The molecule has 2 N–H and O–H groups in total. The van der Waals surface area contributed by atoms with E-state index >= 15 is 26.3 Å². The number of halogens is 12. The highest BCUT2D eigenvalue weighted by Gasteiger charge is 2.74. The lowest BCUT2D eigenvalue weighted by Gasteiger charge is -2.39. The zero-order chi connectivity index (χ0) is 41.9. The second kappa shape index (κ2) is 12.2. The number of hydrogen-bond acceptors (Lipinski definition) is 6. The van der Waals surface area contributed by atoms with Crippen molar-refractivity contribution < 1.29 is 82.1 Å². The molecule has 2 aliphatic heterocycles. The Morgan fingerprint density at radius 2 is 0.786 bits per heavy atom. The lowest BCUT2D eigenvalue weighted by molar-refractivity contribution is -0.290. The van der Waals surface area contributed by atoms with E-state index in [2.05, 4.69) is 0 Å². The Balaban J connectivity index is 1.55. The molecule has 4 aromatic rings. The lowest BCUT2D eigenvalue weighted by atomic mass is 9.71. The molecule has 0 radical (unpaired) electrons. The van der Waals surface area contributed by atoms with Gasteiger partial charge in [0.15, 0.2) is 0 Å². The molecule has 0 spiro atoms. The zero-order valence-corrected chi connectivity index (χ0v) is 27.9. The Morgan fingerprint density at radius 3 is 1.23 bits per heavy atom. The zero-order valence-electron chi connectivity index (χ0n) is 27.9. The van der Waals surface area contributed by atoms with Crippen molar-refractivity contribution in [2.24, 2.45) is 0 Å². The van der Waals surface area contributed by atoms with E-state index in [9.17, 15) is 55.7 Å². The minimum Gasteiger partial charge on any atom is -0.508 e. The van der Waals surface area contributed by atoms with Crippen molar-refractivity contribution in [1.29, 1.82) is 0 Å². The third-order valence-corrected chi connectivity index (χ3v) is 9.82. The molecule has 4 amide bonds. The average Bonchev–Trinajstić information content (AvgIpc) is 3.44. The van der Waals surface area contributed by atoms with Gasteiger partial charge in [-0.3, -0.25) is 24.1 Å². The molecule has 0 unspecified atom stereocenters. The number of amides is 4. The summed E-state index contributed by atoms with van der Waals surface area (Å²) in [5.74, 6) is -7.77. The van der Waals surface area contributed by atoms with Crippen molar-refractivity contribution in [3.05, 3.63) is 123 Å². The molecular weight excluding hydrogens is 784 g/mol. The minimum absolute atomic E-state index is 0.00127. The first-order valence-corrected chi connectivity index (χ1v) is 15.5. The van der Waals surface area contributed by atoms with E-state index in [0.29, 0.717) is 35.2 Å². The maximum Gasteiger partial charge on any atom is 0.411 e. The molecule has 0 aromatic heterocycles. The highest BCUT2D eigenvalue weighted by atomic mass is 19.4. The first-order chi connectivity index (χ1) is 25.6. The number of anilines is 1. The number of imide groups is 2. The maximum atomic E-state index is 15.0. The van der Waals surface area contributed by atoms with Gasteiger partial charge in [-0.1, -0.05) is 30.3 Å². The summed E-state index contributed by atoms with van der Waals surface area (Å²) in [6, 6.07) is 3.14. The molecule has 294 valence electrons. The first kappa shape index (κ1) is 39.6. The van der Waals surface area contributed by atoms with Crippen LogP contribution in [-0.4, -0.2) is 70.5 Å². The van der Waals surface area contributed by atoms with Gasteiger partial charge in [-0.15, -0.1) is 0 Å². The Kier molecular flexibility index (Phi) is 8.64. The minimum atomic E-state index is -6.34. The number of alkyl halides is 12. The van der Waals surface area contributed by atoms with Gasteiger partial charge >= 0.3 is 24.7 Å². The van der Waals surface area contributed by atoms with Crippen LogP contribution in [0, 0.1) is 6.92 Å². The highest BCUT2D eigenvalue weighted by Crippen LogP contribution is 2.59. The normalized spacial score (nSPS) is 15.5. The summed E-state index contributed by atoms with van der Waals surface area (Å²) >= 11 is 0. The SMILES string of the molecule is Cc1cc(C(c2ccc(O)c(N3C(=O)c4ccc(C(c5ccc6c(c5)C(=O)N(C)C6=O)(C(F)(F)F)C(F)(F)F)cc4C3=O)c2)(C(F)(F)F)C(F)(F)F)ccc1O. The van der Waals surface area contributed by atoms with Crippen molar-refractivity contribution in [3.8, 4) is 11.5 Å². The van der Waals surface area contributed by atoms with E-state index in [1.807, 2.05) is 0 Å². The summed E-state index contributed by atoms with van der Waals surface area (Å²) in [5, 5.41) is 20.4. The second-order valence-electron chi connectivity index (χ2n) is 12.8. The standard InChI is InChI=1S/C36H20F12N2O6/c1-15-11-16(5-9-25(15)51)31(33(37,38)39,34(40,41)42)19-6-10-26(52)24(14-19)50-29(55)21-8-4-18(13-23(21)30(50)56)32(35(43,44)45,36(46,47)48)17-3-7-20-22(12-17)28(54)49(2)27(20)53/h3-14,51-52H,1-2H3. The fourth-order valence-corrected chi connectivity index (χ4v) is 7.08. The Labute approximate surface area is 305 Å². The number of phenols is 2. The molecular formula is C36H20F12N2O6. The van der Waals surface area contributed by atoms with E-state index in [-0.39, 0.29) is 47.4 Å². The number of aromatic hydroxyl groups is 2. The molecule has 4 aromatic carbocycles. The monoisotopic (exact) mass is 804 g/mol. The molecule has 6 rings (SSSR count). The van der Waals surface area contributed by atoms with Crippen LogP contribution in [-0.2, 0) is 10.8 Å². The summed E-state index contributed by atoms with van der Waals surface area (Å²) in [7, 11) is 0.925. The topological polar surface area (TPSA) is 115 Å². The van der Waals surface area contributed by atoms with E-state index in [1.165, 1.54) is 0 Å². The first-order valence-electron chi connectivity index (χ1n) is 15.5. The Bertz CT molecular complexity index is 2350. The third kappa shape index (κ3) is 5.24. The van der Waals surface area contributed by atoms with Gasteiger partial charge in [0, 0.05) is 7.05 Å². The molecule has 0 atom stereocenters. The lowest BCUT2D eigenvalue weighted by Crippen LogP contribution is -2.55. The summed E-state index contributed by atoms with van der Waals surface area (Å²) in [5.41, 5.74) is -22.0. The Hall–Kier alpha value is -6.08. The van der Waals surface area contributed by atoms with Crippen LogP contribution >= 0.6 is 0 Å². The number of aryl methyl sites for hydroxylation is 1. The number of fused-ring (bicyclic) bond motifs is 2. The molecule has 0 saturated carbocycles. The van der Waals surface area contributed by atoms with Crippen LogP contribution in [0.5, 0.6) is 11.5 Å². The van der Waals surface area contributed by atoms with Crippen LogP contribution in [0.4, 0.5) is 58.4 Å². The largest absolute Gasteiger partial charge is 0.508 e. The van der Waals surface area contributed by atoms with E-state index in [1.54, 1.807) is 0 Å². The van der Waals surface area contributed by atoms with E-state index in [0.717, 1.165) is 14.0 Å². The summed E-state index contributed by atoms with van der Waals surface area (Å²) in [6.07, 6.45) is -25.2. The molecule has 2 heterocycles. The van der Waals surface area contributed by atoms with Gasteiger partial charge in [0.25, 0.3) is 23.6 Å². The molecule has 8 nitrogen and oxygen atoms in total. The molecule has 56 heavy (non-hydrogen) atoms. The predicted molar refractivity (Wildman–Crippen MR) is 167 cm³/mol. The highest BCUT2D eigenvalue weighted by molar-refractivity contribution is 6.35. The number of phenolic OH excluding ortho intramolecular Hbond substituents is 2. The number of nitrogens with zero attached hydrogens (tertiary/aromatic N) is 2. The number of benzene rings is 4. The van der Waals surface area contributed by atoms with Crippen molar-refractivity contribution in [3.63, 3.8) is 0 Å². The van der Waals surface area contributed by atoms with Crippen LogP contribution < -0.4 is 4.90 Å². The van der Waals surface area contributed by atoms with Crippen LogP contribution in [0.3, 0.4) is 0 Å². The molecule has 0 fully saturated rings. The fourth-order valence-electron chi connectivity index (χ4n) is 7.08. The van der Waals surface area contributed by atoms with Gasteiger partial charge in [0.2, 0.25) is 10.8 Å². The van der Waals surface area contributed by atoms with E-state index in [4.69, 9.17) is 0 Å². The summed E-state index contributed by atoms with van der Waals surface area (Å²) < 4.78 is 179. The van der Waals surface area contributed by atoms with Gasteiger partial charge in [-0.25, -0.2) is 4.90 Å². The van der Waals surface area contributed by atoms with Crippen LogP contribution in [0.1, 0.15) is 69.2 Å². The third-order valence-electron chi connectivity index (χ3n) is 9.82. The van der Waals surface area contributed by atoms with Gasteiger partial charge in [-0.05, 0) is 77.2 Å². The van der Waals surface area contributed by atoms with Crippen molar-refractivity contribution in [2.45, 2.75) is 42.5 Å². The average molecular weight is 805 g/mol. The van der Waals surface area contributed by atoms with Gasteiger partial charge < -0.3 is 10.2 Å². The second-order valence-corrected chi connectivity index (χ2v) is 12.8. The number of hydrogen-bond donors (Lipinski definition) is 2. The van der Waals surface area contributed by atoms with Crippen LogP contribution in [0.25, 0.3) is 0 Å². The molecule has 2 aliphatic rings. The van der Waals surface area contributed by atoms with Crippen molar-refractivity contribution in [1.82, 2.24) is 4.90 Å². The van der Waals surface area contributed by atoms with Gasteiger partial charge in [0.1, 0.15) is 11.5 Å². The number of carbonyl (C=O) groups excluding carboxylic acids is 4. The molecule has 20 heteroatoms. The number of rotatable bonds is 5. The number of carbonyl (C=O) groups is 4. The van der Waals surface area contributed by atoms with Gasteiger partial charge in [-0.2, -0.15) is 52.7 Å². The summed E-state index contributed by atoms with van der Waals surface area (Å²) in [4.78, 5) is 52.3.